The summed E-state index contributed by atoms with van der Waals surface area (Å²) in [5.74, 6) is 0.604. The predicted octanol–water partition coefficient (Wildman–Crippen LogP) is 1.94. The van der Waals surface area contributed by atoms with Crippen LogP contribution in [-0.2, 0) is 14.8 Å². The van der Waals surface area contributed by atoms with Crippen molar-refractivity contribution in [2.75, 3.05) is 18.4 Å². The molecule has 1 aliphatic heterocycles. The summed E-state index contributed by atoms with van der Waals surface area (Å²) < 4.78 is 26.7. The topological polar surface area (TPSA) is 83.1 Å². The normalized spacial score (nSPS) is 25.3. The molecule has 27 heavy (non-hydrogen) atoms. The summed E-state index contributed by atoms with van der Waals surface area (Å²) in [4.78, 5) is 12.8. The van der Waals surface area contributed by atoms with E-state index in [4.69, 9.17) is 0 Å². The molecule has 1 aliphatic carbocycles. The third-order valence-electron chi connectivity index (χ3n) is 5.95. The molecule has 2 aliphatic rings. The van der Waals surface area contributed by atoms with Crippen LogP contribution >= 0.6 is 0 Å². The van der Waals surface area contributed by atoms with Crippen LogP contribution in [0.15, 0.2) is 29.2 Å². The van der Waals surface area contributed by atoms with Crippen LogP contribution in [0.3, 0.4) is 0 Å². The van der Waals surface area contributed by atoms with E-state index in [2.05, 4.69) is 17.6 Å². The number of carbonyl (C=O) groups is 1. The van der Waals surface area contributed by atoms with Crippen molar-refractivity contribution >= 4 is 21.6 Å². The largest absolute Gasteiger partial charge is 0.334 e. The number of hydrogen-bond acceptors (Lipinski definition) is 3. The van der Waals surface area contributed by atoms with Gasteiger partial charge in [0.05, 0.1) is 10.9 Å². The van der Waals surface area contributed by atoms with Crippen molar-refractivity contribution in [3.05, 3.63) is 24.3 Å². The van der Waals surface area contributed by atoms with Crippen LogP contribution in [-0.4, -0.2) is 43.8 Å². The molecule has 0 bridgehead atoms. The van der Waals surface area contributed by atoms with Gasteiger partial charge in [-0.3, -0.25) is 4.79 Å². The molecule has 0 radical (unpaired) electrons. The molecule has 1 saturated heterocycles. The summed E-state index contributed by atoms with van der Waals surface area (Å²) >= 11 is 0. The Hall–Kier alpha value is -1.44. The smallest absolute Gasteiger partial charge is 0.282 e. The van der Waals surface area contributed by atoms with Gasteiger partial charge in [0, 0.05) is 24.7 Å². The number of quaternary nitrogens is 1. The molecule has 0 spiro atoms. The molecule has 3 N–H and O–H groups in total. The predicted molar refractivity (Wildman–Crippen MR) is 106 cm³/mol. The van der Waals surface area contributed by atoms with Crippen molar-refractivity contribution < 1.29 is 18.5 Å². The first kappa shape index (κ1) is 20.3. The van der Waals surface area contributed by atoms with Crippen LogP contribution in [0.5, 0.6) is 0 Å². The Bertz CT molecular complexity index is 742. The number of sulfonamides is 1. The molecule has 0 aromatic heterocycles. The first-order valence-corrected chi connectivity index (χ1v) is 11.6. The number of nitrogens with zero attached hydrogens (tertiary/aromatic N) is 1. The zero-order valence-electron chi connectivity index (χ0n) is 16.4. The molecule has 150 valence electrons. The second-order valence-electron chi connectivity index (χ2n) is 8.03. The van der Waals surface area contributed by atoms with Crippen molar-refractivity contribution in [3.63, 3.8) is 0 Å². The van der Waals surface area contributed by atoms with Gasteiger partial charge < -0.3 is 10.6 Å². The van der Waals surface area contributed by atoms with E-state index in [0.29, 0.717) is 30.7 Å². The maximum absolute atomic E-state index is 12.6. The fraction of sp³-hybridized carbons (Fsp3) is 0.650. The van der Waals surface area contributed by atoms with Crippen molar-refractivity contribution in [2.24, 2.45) is 5.92 Å². The molecular weight excluding hydrogens is 362 g/mol. The van der Waals surface area contributed by atoms with Gasteiger partial charge in [-0.2, -0.15) is 4.31 Å². The van der Waals surface area contributed by atoms with Crippen LogP contribution in [0.25, 0.3) is 0 Å². The minimum Gasteiger partial charge on any atom is -0.334 e. The fourth-order valence-electron chi connectivity index (χ4n) is 4.13. The third kappa shape index (κ3) is 4.89. The van der Waals surface area contributed by atoms with E-state index in [1.54, 1.807) is 24.3 Å². The number of carbonyl (C=O) groups excluding carboxylic acids is 1. The van der Waals surface area contributed by atoms with Crippen LogP contribution in [0.4, 0.5) is 5.69 Å². The molecule has 6 nitrogen and oxygen atoms in total. The van der Waals surface area contributed by atoms with Gasteiger partial charge in [-0.25, -0.2) is 8.42 Å². The fourth-order valence-corrected chi connectivity index (χ4v) is 5.65. The average Bonchev–Trinajstić information content (AvgIpc) is 3.19. The average molecular weight is 395 g/mol. The molecule has 1 amide bonds. The lowest BCUT2D eigenvalue weighted by molar-refractivity contribution is -0.714. The molecule has 1 saturated carbocycles. The first-order valence-electron chi connectivity index (χ1n) is 10.1. The van der Waals surface area contributed by atoms with Crippen LogP contribution in [0, 0.1) is 5.92 Å². The molecule has 3 atom stereocenters. The summed E-state index contributed by atoms with van der Waals surface area (Å²) in [6.07, 6.45) is 6.78. The molecule has 3 rings (SSSR count). The highest BCUT2D eigenvalue weighted by Crippen LogP contribution is 2.23. The zero-order chi connectivity index (χ0) is 19.4. The number of anilines is 1. The van der Waals surface area contributed by atoms with Crippen molar-refractivity contribution in [2.45, 2.75) is 69.4 Å². The molecule has 0 unspecified atom stereocenters. The van der Waals surface area contributed by atoms with Crippen LogP contribution in [0.1, 0.15) is 52.4 Å². The minimum atomic E-state index is -3.41. The van der Waals surface area contributed by atoms with E-state index in [0.717, 1.165) is 12.8 Å². The van der Waals surface area contributed by atoms with E-state index >= 15 is 0 Å². The summed E-state index contributed by atoms with van der Waals surface area (Å²) in [6, 6.07) is 6.87. The summed E-state index contributed by atoms with van der Waals surface area (Å²) in [6.45, 7) is 5.38. The highest BCUT2D eigenvalue weighted by Gasteiger charge is 2.29. The number of benzene rings is 1. The Labute approximate surface area is 162 Å². The highest BCUT2D eigenvalue weighted by molar-refractivity contribution is 7.89. The quantitative estimate of drug-likeness (QED) is 0.773. The maximum atomic E-state index is 12.6. The van der Waals surface area contributed by atoms with Crippen molar-refractivity contribution in [3.8, 4) is 0 Å². The maximum Gasteiger partial charge on any atom is 0.282 e. The Balaban J connectivity index is 1.58. The molecule has 1 heterocycles. The van der Waals surface area contributed by atoms with Crippen molar-refractivity contribution in [1.82, 2.24) is 4.31 Å². The zero-order valence-corrected chi connectivity index (χ0v) is 17.2. The third-order valence-corrected chi connectivity index (χ3v) is 7.86. The van der Waals surface area contributed by atoms with Crippen LogP contribution in [0.2, 0.25) is 0 Å². The van der Waals surface area contributed by atoms with E-state index in [9.17, 15) is 13.2 Å². The van der Waals surface area contributed by atoms with E-state index in [1.807, 2.05) is 6.92 Å². The second kappa shape index (κ2) is 8.71. The second-order valence-corrected chi connectivity index (χ2v) is 9.97. The highest BCUT2D eigenvalue weighted by atomic mass is 32.2. The lowest BCUT2D eigenvalue weighted by atomic mass is 9.85. The van der Waals surface area contributed by atoms with E-state index < -0.39 is 10.0 Å². The number of rotatable bonds is 6. The number of hydrogen-bond donors (Lipinski definition) is 2. The van der Waals surface area contributed by atoms with E-state index in [1.165, 1.54) is 30.0 Å². The van der Waals surface area contributed by atoms with Crippen LogP contribution < -0.4 is 10.6 Å². The summed E-state index contributed by atoms with van der Waals surface area (Å²) in [5.41, 5.74) is 0.636. The molecule has 1 aromatic rings. The van der Waals surface area contributed by atoms with Gasteiger partial charge in [0.15, 0.2) is 6.04 Å². The number of nitrogens with one attached hydrogen (secondary N) is 1. The number of nitrogens with two attached hydrogens (primary N) is 1. The Kier molecular flexibility index (Phi) is 6.55. The van der Waals surface area contributed by atoms with Gasteiger partial charge in [0.25, 0.3) is 5.91 Å². The lowest BCUT2D eigenvalue weighted by Gasteiger charge is -2.28. The summed E-state index contributed by atoms with van der Waals surface area (Å²) in [5, 5.41) is 5.10. The van der Waals surface area contributed by atoms with Gasteiger partial charge in [-0.15, -0.1) is 0 Å². The Morgan fingerprint density at radius 2 is 1.74 bits per heavy atom. The number of amides is 1. The Morgan fingerprint density at radius 1 is 1.11 bits per heavy atom. The van der Waals surface area contributed by atoms with Gasteiger partial charge in [0.2, 0.25) is 10.0 Å². The summed E-state index contributed by atoms with van der Waals surface area (Å²) in [7, 11) is -3.41. The Morgan fingerprint density at radius 3 is 2.37 bits per heavy atom. The minimum absolute atomic E-state index is 0.0390. The monoisotopic (exact) mass is 394 g/mol. The van der Waals surface area contributed by atoms with Crippen molar-refractivity contribution in [1.29, 1.82) is 0 Å². The van der Waals surface area contributed by atoms with Gasteiger partial charge in [-0.05, 0) is 63.3 Å². The van der Waals surface area contributed by atoms with Gasteiger partial charge in [0.1, 0.15) is 0 Å². The van der Waals surface area contributed by atoms with E-state index in [-0.39, 0.29) is 16.8 Å². The first-order chi connectivity index (χ1) is 12.9. The lowest BCUT2D eigenvalue weighted by Crippen LogP contribution is -2.97. The molecular formula is C20H32N3O3S+. The molecule has 1 aromatic carbocycles. The standard InChI is InChI=1S/C20H31N3O3S/c1-15-7-3-4-8-19(15)21-16(2)20(24)22-17-9-11-18(12-10-17)27(25,26)23-13-5-6-14-23/h9-12,15-16,19,21H,3-8,13-14H2,1-2H3,(H,22,24)/p+1/t15-,16+,19+/m1/s1. The molecule has 2 fully saturated rings. The van der Waals surface area contributed by atoms with Gasteiger partial charge >= 0.3 is 0 Å². The SMILES string of the molecule is C[C@H]([NH2+][C@H]1CCCC[C@H]1C)C(=O)Nc1ccc(S(=O)(=O)N2CCCC2)cc1. The van der Waals surface area contributed by atoms with Gasteiger partial charge in [-0.1, -0.05) is 13.3 Å². The molecule has 7 heteroatoms.